The van der Waals surface area contributed by atoms with Gasteiger partial charge >= 0.3 is 0 Å². The summed E-state index contributed by atoms with van der Waals surface area (Å²) in [5.74, 6) is 0.170. The van der Waals surface area contributed by atoms with Crippen LogP contribution in [0.4, 0.5) is 10.1 Å². The van der Waals surface area contributed by atoms with Crippen molar-refractivity contribution in [1.82, 2.24) is 10.2 Å². The van der Waals surface area contributed by atoms with Crippen LogP contribution in [0.5, 0.6) is 5.75 Å². The van der Waals surface area contributed by atoms with E-state index < -0.39 is 11.7 Å². The number of aryl methyl sites for hydroxylation is 1. The van der Waals surface area contributed by atoms with E-state index in [1.807, 2.05) is 36.4 Å². The zero-order chi connectivity index (χ0) is 26.9. The zero-order valence-electron chi connectivity index (χ0n) is 22.0. The fourth-order valence-corrected chi connectivity index (χ4v) is 4.89. The van der Waals surface area contributed by atoms with Gasteiger partial charge in [0.25, 0.3) is 5.91 Å². The van der Waals surface area contributed by atoms with Crippen LogP contribution in [0.3, 0.4) is 0 Å². The van der Waals surface area contributed by atoms with E-state index in [9.17, 15) is 9.18 Å². The summed E-state index contributed by atoms with van der Waals surface area (Å²) >= 11 is 0. The first-order valence-corrected chi connectivity index (χ1v) is 13.0. The lowest BCUT2D eigenvalue weighted by molar-refractivity contribution is 0.0975. The molecule has 196 valence electrons. The molecule has 1 aliphatic heterocycles. The molecule has 0 bridgehead atoms. The van der Waals surface area contributed by atoms with E-state index in [-0.39, 0.29) is 5.56 Å². The number of hydrogen-bond acceptors (Lipinski definition) is 4. The molecule has 38 heavy (non-hydrogen) atoms. The number of guanidine groups is 1. The molecule has 1 aliphatic rings. The van der Waals surface area contributed by atoms with Crippen molar-refractivity contribution in [2.75, 3.05) is 32.6 Å². The van der Waals surface area contributed by atoms with Crippen LogP contribution < -0.4 is 20.8 Å². The predicted molar refractivity (Wildman–Crippen MR) is 152 cm³/mol. The van der Waals surface area contributed by atoms with E-state index in [0.717, 1.165) is 30.6 Å². The van der Waals surface area contributed by atoms with Gasteiger partial charge in [0.15, 0.2) is 0 Å². The highest BCUT2D eigenvalue weighted by molar-refractivity contribution is 6.32. The summed E-state index contributed by atoms with van der Waals surface area (Å²) in [6.07, 6.45) is 4.03. The van der Waals surface area contributed by atoms with Crippen molar-refractivity contribution in [3.8, 4) is 5.75 Å². The van der Waals surface area contributed by atoms with Crippen molar-refractivity contribution >= 4 is 30.9 Å². The number of rotatable bonds is 9. The highest BCUT2D eigenvalue weighted by Crippen LogP contribution is 2.22. The van der Waals surface area contributed by atoms with Crippen LogP contribution in [-0.4, -0.2) is 57.9 Å². The van der Waals surface area contributed by atoms with Gasteiger partial charge in [-0.15, -0.1) is 0 Å². The van der Waals surface area contributed by atoms with Crippen molar-refractivity contribution in [3.63, 3.8) is 0 Å². The number of halogens is 1. The largest absolute Gasteiger partial charge is 0.496 e. The first-order chi connectivity index (χ1) is 18.4. The molecule has 3 aromatic rings. The number of nitrogens with zero attached hydrogens (tertiary/aromatic N) is 2. The smallest absolute Gasteiger partial charge is 0.258 e. The van der Waals surface area contributed by atoms with Crippen molar-refractivity contribution in [3.05, 3.63) is 89.2 Å². The van der Waals surface area contributed by atoms with Gasteiger partial charge in [0, 0.05) is 29.4 Å². The summed E-state index contributed by atoms with van der Waals surface area (Å²) in [5, 5.41) is 6.10. The fraction of sp³-hybridized carbons (Fsp3) is 0.333. The standard InChI is InChI=1S/C30H34BFN4O2/c1-36-19-7-10-24(36)17-18-33-30(34-23-8-4-3-5-9-23)35-29(37)26-11-6-12-27(32)25(26)15-13-21-20-22(31)14-16-28(21)38-2/h3-6,8-9,11-12,14,16,20,24H,7,10,13,15,17-19H2,1-2H3,(H2,33,34,35,37). The molecule has 4 rings (SSSR count). The van der Waals surface area contributed by atoms with Crippen LogP contribution in [0.2, 0.25) is 0 Å². The van der Waals surface area contributed by atoms with Crippen LogP contribution >= 0.6 is 0 Å². The Morgan fingerprint density at radius 3 is 2.68 bits per heavy atom. The van der Waals surface area contributed by atoms with Gasteiger partial charge in [-0.1, -0.05) is 41.9 Å². The topological polar surface area (TPSA) is 66.0 Å². The molecular formula is C30H34BFN4O2. The molecule has 0 aliphatic carbocycles. The van der Waals surface area contributed by atoms with Crippen molar-refractivity contribution < 1.29 is 13.9 Å². The fourth-order valence-electron chi connectivity index (χ4n) is 4.89. The third kappa shape index (κ3) is 7.22. The van der Waals surface area contributed by atoms with Crippen LogP contribution in [0.15, 0.2) is 71.7 Å². The lowest BCUT2D eigenvalue weighted by Gasteiger charge is -2.19. The summed E-state index contributed by atoms with van der Waals surface area (Å²) < 4.78 is 20.4. The van der Waals surface area contributed by atoms with Crippen molar-refractivity contribution in [2.24, 2.45) is 4.99 Å². The molecule has 1 heterocycles. The molecule has 2 radical (unpaired) electrons. The molecular weight excluding hydrogens is 478 g/mol. The van der Waals surface area contributed by atoms with Crippen LogP contribution in [0.25, 0.3) is 0 Å². The van der Waals surface area contributed by atoms with Gasteiger partial charge in [-0.3, -0.25) is 15.1 Å². The van der Waals surface area contributed by atoms with E-state index >= 15 is 0 Å². The van der Waals surface area contributed by atoms with Gasteiger partial charge in [-0.05, 0) is 81.6 Å². The minimum atomic E-state index is -0.431. The third-order valence-electron chi connectivity index (χ3n) is 6.98. The number of nitrogens with one attached hydrogen (secondary N) is 2. The van der Waals surface area contributed by atoms with Gasteiger partial charge in [0.05, 0.1) is 7.11 Å². The highest BCUT2D eigenvalue weighted by atomic mass is 19.1. The number of aliphatic imine (C=N–C) groups is 1. The van der Waals surface area contributed by atoms with Gasteiger partial charge in [-0.25, -0.2) is 4.39 Å². The Bertz CT molecular complexity index is 1270. The van der Waals surface area contributed by atoms with E-state index in [1.165, 1.54) is 12.5 Å². The first kappa shape index (κ1) is 27.4. The second-order valence-corrected chi connectivity index (χ2v) is 9.58. The Labute approximate surface area is 225 Å². The Kier molecular flexibility index (Phi) is 9.54. The third-order valence-corrected chi connectivity index (χ3v) is 6.98. The minimum Gasteiger partial charge on any atom is -0.496 e. The molecule has 3 aromatic carbocycles. The number of amides is 1. The van der Waals surface area contributed by atoms with E-state index in [1.54, 1.807) is 31.4 Å². The summed E-state index contributed by atoms with van der Waals surface area (Å²) in [7, 11) is 9.67. The Morgan fingerprint density at radius 2 is 1.95 bits per heavy atom. The van der Waals surface area contributed by atoms with Gasteiger partial charge in [0.1, 0.15) is 19.4 Å². The highest BCUT2D eigenvalue weighted by Gasteiger charge is 2.21. The predicted octanol–water partition coefficient (Wildman–Crippen LogP) is 4.10. The number of likely N-dealkylation sites (tertiary alicyclic amines) is 1. The molecule has 1 fully saturated rings. The number of carbonyl (C=O) groups is 1. The number of methoxy groups -OCH3 is 1. The number of benzene rings is 3. The second-order valence-electron chi connectivity index (χ2n) is 9.58. The maximum absolute atomic E-state index is 15.0. The molecule has 1 atom stereocenters. The van der Waals surface area contributed by atoms with Crippen molar-refractivity contribution in [1.29, 1.82) is 0 Å². The number of para-hydroxylation sites is 1. The molecule has 0 aromatic heterocycles. The van der Waals surface area contributed by atoms with Crippen molar-refractivity contribution in [2.45, 2.75) is 38.1 Å². The molecule has 1 saturated heterocycles. The first-order valence-electron chi connectivity index (χ1n) is 13.0. The normalized spacial score (nSPS) is 15.9. The summed E-state index contributed by atoms with van der Waals surface area (Å²) in [4.78, 5) is 20.5. The minimum absolute atomic E-state index is 0.269. The Hall–Kier alpha value is -3.65. The average Bonchev–Trinajstić information content (AvgIpc) is 3.32. The SMILES string of the molecule is [B]c1ccc(OC)c(CCc2c(F)cccc2C(=O)NC(=NCCC2CCCN2C)Nc2ccccc2)c1. The summed E-state index contributed by atoms with van der Waals surface area (Å²) in [5.41, 5.74) is 2.86. The molecule has 8 heteroatoms. The van der Waals surface area contributed by atoms with E-state index in [0.29, 0.717) is 48.2 Å². The monoisotopic (exact) mass is 512 g/mol. The number of anilines is 1. The maximum atomic E-state index is 15.0. The molecule has 0 spiro atoms. The van der Waals surface area contributed by atoms with E-state index in [2.05, 4.69) is 27.6 Å². The van der Waals surface area contributed by atoms with Crippen LogP contribution in [0, 0.1) is 5.82 Å². The molecule has 6 nitrogen and oxygen atoms in total. The molecule has 2 N–H and O–H groups in total. The summed E-state index contributed by atoms with van der Waals surface area (Å²) in [6.45, 7) is 1.67. The lowest BCUT2D eigenvalue weighted by Crippen LogP contribution is -2.37. The number of carbonyl (C=O) groups excluding carboxylic acids is 1. The zero-order valence-corrected chi connectivity index (χ0v) is 22.0. The number of hydrogen-bond donors (Lipinski definition) is 2. The molecule has 1 amide bonds. The van der Waals surface area contributed by atoms with Gasteiger partial charge in [-0.2, -0.15) is 0 Å². The lowest BCUT2D eigenvalue weighted by atomic mass is 9.91. The Balaban J connectivity index is 1.52. The quantitative estimate of drug-likeness (QED) is 0.258. The van der Waals surface area contributed by atoms with Crippen LogP contribution in [0.1, 0.15) is 40.7 Å². The van der Waals surface area contributed by atoms with E-state index in [4.69, 9.17) is 12.6 Å². The maximum Gasteiger partial charge on any atom is 0.258 e. The molecule has 1 unspecified atom stereocenters. The van der Waals surface area contributed by atoms with Crippen LogP contribution in [-0.2, 0) is 12.8 Å². The molecule has 0 saturated carbocycles. The number of ether oxygens (including phenoxy) is 1. The summed E-state index contributed by atoms with van der Waals surface area (Å²) in [6, 6.07) is 20.0. The van der Waals surface area contributed by atoms with Gasteiger partial charge < -0.3 is 15.0 Å². The second kappa shape index (κ2) is 13.2. The Morgan fingerprint density at radius 1 is 1.13 bits per heavy atom. The average molecular weight is 512 g/mol. The van der Waals surface area contributed by atoms with Gasteiger partial charge in [0.2, 0.25) is 5.96 Å².